The molecule has 0 bridgehead atoms. The average Bonchev–Trinajstić information content (AvgIpc) is 3.03. The van der Waals surface area contributed by atoms with E-state index in [4.69, 9.17) is 4.74 Å². The lowest BCUT2D eigenvalue weighted by atomic mass is 10.1. The minimum atomic E-state index is -3.50. The van der Waals surface area contributed by atoms with Crippen LogP contribution in [0.1, 0.15) is 32.2 Å². The van der Waals surface area contributed by atoms with Crippen LogP contribution in [0, 0.1) is 5.92 Å². The predicted molar refractivity (Wildman–Crippen MR) is 103 cm³/mol. The van der Waals surface area contributed by atoms with Crippen molar-refractivity contribution >= 4 is 27.3 Å². The lowest BCUT2D eigenvalue weighted by Gasteiger charge is -2.08. The molecule has 2 aromatic rings. The summed E-state index contributed by atoms with van der Waals surface area (Å²) < 4.78 is 32.1. The molecule has 6 nitrogen and oxygen atoms in total. The van der Waals surface area contributed by atoms with Crippen LogP contribution in [0.15, 0.2) is 34.5 Å². The Labute approximate surface area is 158 Å². The fraction of sp³-hybridized carbons (Fsp3) is 0.444. The number of sulfonamides is 1. The fourth-order valence-electron chi connectivity index (χ4n) is 2.23. The second-order valence-electron chi connectivity index (χ2n) is 6.21. The van der Waals surface area contributed by atoms with Gasteiger partial charge < -0.3 is 4.74 Å². The van der Waals surface area contributed by atoms with Gasteiger partial charge in [0.2, 0.25) is 10.0 Å². The SMILES string of the molecule is CCOC(=O)Cc1nc(-c2ccc(S(=O)(=O)NCCC(C)C)cc2)cs1. The minimum absolute atomic E-state index is 0.144. The molecule has 142 valence electrons. The Morgan fingerprint density at radius 1 is 1.27 bits per heavy atom. The molecule has 0 spiro atoms. The summed E-state index contributed by atoms with van der Waals surface area (Å²) in [6, 6.07) is 6.58. The smallest absolute Gasteiger partial charge is 0.312 e. The Bertz CT molecular complexity index is 827. The molecular weight excluding hydrogens is 372 g/mol. The maximum absolute atomic E-state index is 12.3. The van der Waals surface area contributed by atoms with Crippen LogP contribution in [0.2, 0.25) is 0 Å². The van der Waals surface area contributed by atoms with Crippen molar-refractivity contribution in [2.75, 3.05) is 13.2 Å². The third-order valence-electron chi connectivity index (χ3n) is 3.63. The summed E-state index contributed by atoms with van der Waals surface area (Å²) in [6.45, 7) is 6.63. The molecule has 0 saturated carbocycles. The number of benzene rings is 1. The molecule has 0 radical (unpaired) electrons. The molecule has 0 aliphatic heterocycles. The molecule has 0 unspecified atom stereocenters. The summed E-state index contributed by atoms with van der Waals surface area (Å²) in [5.74, 6) is 0.135. The highest BCUT2D eigenvalue weighted by Crippen LogP contribution is 2.24. The molecule has 0 atom stereocenters. The van der Waals surface area contributed by atoms with Crippen molar-refractivity contribution in [3.63, 3.8) is 0 Å². The van der Waals surface area contributed by atoms with Gasteiger partial charge >= 0.3 is 5.97 Å². The number of esters is 1. The van der Waals surface area contributed by atoms with Crippen molar-refractivity contribution in [2.24, 2.45) is 5.92 Å². The summed E-state index contributed by atoms with van der Waals surface area (Å²) in [6.07, 6.45) is 0.935. The molecule has 2 rings (SSSR count). The summed E-state index contributed by atoms with van der Waals surface area (Å²) in [5.41, 5.74) is 1.52. The molecule has 26 heavy (non-hydrogen) atoms. The number of thiazole rings is 1. The van der Waals surface area contributed by atoms with E-state index in [2.05, 4.69) is 9.71 Å². The summed E-state index contributed by atoms with van der Waals surface area (Å²) >= 11 is 1.38. The van der Waals surface area contributed by atoms with Gasteiger partial charge in [0, 0.05) is 17.5 Å². The fourth-order valence-corrected chi connectivity index (χ4v) is 4.07. The highest BCUT2D eigenvalue weighted by molar-refractivity contribution is 7.89. The van der Waals surface area contributed by atoms with Crippen LogP contribution in [-0.4, -0.2) is 32.5 Å². The van der Waals surface area contributed by atoms with E-state index in [1.807, 2.05) is 19.2 Å². The molecule has 8 heteroatoms. The quantitative estimate of drug-likeness (QED) is 0.658. The van der Waals surface area contributed by atoms with E-state index in [-0.39, 0.29) is 17.3 Å². The Balaban J connectivity index is 2.05. The first kappa shape index (κ1) is 20.5. The maximum atomic E-state index is 12.3. The van der Waals surface area contributed by atoms with E-state index in [9.17, 15) is 13.2 Å². The third kappa shape index (κ3) is 5.89. The van der Waals surface area contributed by atoms with Gasteiger partial charge in [-0.3, -0.25) is 4.79 Å². The molecular formula is C18H24N2O4S2. The minimum Gasteiger partial charge on any atom is -0.466 e. The Morgan fingerprint density at radius 2 is 1.96 bits per heavy atom. The lowest BCUT2D eigenvalue weighted by molar-refractivity contribution is -0.142. The van der Waals surface area contributed by atoms with E-state index in [1.165, 1.54) is 11.3 Å². The van der Waals surface area contributed by atoms with Gasteiger partial charge in [-0.1, -0.05) is 26.0 Å². The maximum Gasteiger partial charge on any atom is 0.312 e. The first-order valence-corrected chi connectivity index (χ1v) is 10.9. The number of hydrogen-bond acceptors (Lipinski definition) is 6. The van der Waals surface area contributed by atoms with Crippen molar-refractivity contribution in [3.8, 4) is 11.3 Å². The molecule has 1 aromatic carbocycles. The van der Waals surface area contributed by atoms with Crippen LogP contribution in [0.25, 0.3) is 11.3 Å². The van der Waals surface area contributed by atoms with Gasteiger partial charge in [0.25, 0.3) is 0 Å². The van der Waals surface area contributed by atoms with E-state index < -0.39 is 10.0 Å². The molecule has 1 aromatic heterocycles. The summed E-state index contributed by atoms with van der Waals surface area (Å²) in [7, 11) is -3.50. The normalized spacial score (nSPS) is 11.7. The molecule has 0 amide bonds. The lowest BCUT2D eigenvalue weighted by Crippen LogP contribution is -2.25. The zero-order chi connectivity index (χ0) is 19.2. The van der Waals surface area contributed by atoms with Crippen LogP contribution in [0.5, 0.6) is 0 Å². The number of nitrogens with one attached hydrogen (secondary N) is 1. The monoisotopic (exact) mass is 396 g/mol. The topological polar surface area (TPSA) is 85.4 Å². The second kappa shape index (κ2) is 9.25. The summed E-state index contributed by atoms with van der Waals surface area (Å²) in [5, 5.41) is 2.52. The van der Waals surface area contributed by atoms with E-state index >= 15 is 0 Å². The van der Waals surface area contributed by atoms with Gasteiger partial charge in [0.15, 0.2) is 0 Å². The number of carbonyl (C=O) groups is 1. The number of rotatable bonds is 9. The standard InChI is InChI=1S/C18H24N2O4S2/c1-4-24-18(21)11-17-20-16(12-25-17)14-5-7-15(8-6-14)26(22,23)19-10-9-13(2)3/h5-8,12-13,19H,4,9-11H2,1-3H3. The van der Waals surface area contributed by atoms with E-state index in [0.29, 0.717) is 29.8 Å². The van der Waals surface area contributed by atoms with Gasteiger partial charge in [0.05, 0.1) is 23.6 Å². The van der Waals surface area contributed by atoms with Crippen LogP contribution < -0.4 is 4.72 Å². The van der Waals surface area contributed by atoms with Crippen LogP contribution >= 0.6 is 11.3 Å². The number of aromatic nitrogens is 1. The Kier molecular flexibility index (Phi) is 7.31. The van der Waals surface area contributed by atoms with E-state index in [0.717, 1.165) is 12.0 Å². The molecule has 0 aliphatic carbocycles. The Morgan fingerprint density at radius 3 is 2.58 bits per heavy atom. The predicted octanol–water partition coefficient (Wildman–Crippen LogP) is 3.24. The van der Waals surface area contributed by atoms with Crippen LogP contribution in [0.3, 0.4) is 0 Å². The third-order valence-corrected chi connectivity index (χ3v) is 5.95. The summed E-state index contributed by atoms with van der Waals surface area (Å²) in [4.78, 5) is 16.2. The Hall–Kier alpha value is -1.77. The number of nitrogens with zero attached hydrogens (tertiary/aromatic N) is 1. The first-order valence-electron chi connectivity index (χ1n) is 8.52. The average molecular weight is 397 g/mol. The molecule has 1 heterocycles. The molecule has 1 N–H and O–H groups in total. The van der Waals surface area contributed by atoms with Crippen LogP contribution in [0.4, 0.5) is 0 Å². The molecule has 0 fully saturated rings. The van der Waals surface area contributed by atoms with Crippen molar-refractivity contribution in [3.05, 3.63) is 34.7 Å². The van der Waals surface area contributed by atoms with Crippen molar-refractivity contribution in [1.82, 2.24) is 9.71 Å². The molecule has 0 saturated heterocycles. The van der Waals surface area contributed by atoms with Gasteiger partial charge in [-0.15, -0.1) is 11.3 Å². The van der Waals surface area contributed by atoms with Crippen molar-refractivity contribution in [1.29, 1.82) is 0 Å². The van der Waals surface area contributed by atoms with Crippen molar-refractivity contribution in [2.45, 2.75) is 38.5 Å². The zero-order valence-corrected chi connectivity index (χ0v) is 16.8. The van der Waals surface area contributed by atoms with Gasteiger partial charge in [0.1, 0.15) is 5.01 Å². The number of ether oxygens (including phenoxy) is 1. The highest BCUT2D eigenvalue weighted by Gasteiger charge is 2.15. The second-order valence-corrected chi connectivity index (χ2v) is 8.92. The number of hydrogen-bond donors (Lipinski definition) is 1. The van der Waals surface area contributed by atoms with E-state index in [1.54, 1.807) is 31.2 Å². The van der Waals surface area contributed by atoms with Gasteiger partial charge in [-0.05, 0) is 31.4 Å². The van der Waals surface area contributed by atoms with Gasteiger partial charge in [-0.25, -0.2) is 18.1 Å². The van der Waals surface area contributed by atoms with Crippen LogP contribution in [-0.2, 0) is 26.0 Å². The number of carbonyl (C=O) groups excluding carboxylic acids is 1. The molecule has 0 aliphatic rings. The first-order chi connectivity index (χ1) is 12.3. The van der Waals surface area contributed by atoms with Gasteiger partial charge in [-0.2, -0.15) is 0 Å². The van der Waals surface area contributed by atoms with Crippen molar-refractivity contribution < 1.29 is 17.9 Å². The highest BCUT2D eigenvalue weighted by atomic mass is 32.2. The largest absolute Gasteiger partial charge is 0.466 e. The zero-order valence-electron chi connectivity index (χ0n) is 15.2.